The van der Waals surface area contributed by atoms with E-state index in [0.717, 1.165) is 5.56 Å². The Hall–Kier alpha value is -2.69. The van der Waals surface area contributed by atoms with E-state index in [9.17, 15) is 4.79 Å². The highest BCUT2D eigenvalue weighted by atomic mass is 16.5. The Morgan fingerprint density at radius 3 is 1.92 bits per heavy atom. The van der Waals surface area contributed by atoms with E-state index in [0.29, 0.717) is 22.8 Å². The van der Waals surface area contributed by atoms with Gasteiger partial charge in [0, 0.05) is 5.56 Å². The lowest BCUT2D eigenvalue weighted by Crippen LogP contribution is -2.31. The SMILES string of the molecule is COc1cc(C(=O)N[C@@H](c2ccccc2)C(C)C)cc(OC)c1OC. The Labute approximate surface area is 148 Å². The number of benzene rings is 2. The highest BCUT2D eigenvalue weighted by Gasteiger charge is 2.21. The van der Waals surface area contributed by atoms with Gasteiger partial charge in [0.1, 0.15) is 0 Å². The Morgan fingerprint density at radius 2 is 1.48 bits per heavy atom. The van der Waals surface area contributed by atoms with Crippen LogP contribution in [0.5, 0.6) is 17.2 Å². The van der Waals surface area contributed by atoms with Crippen LogP contribution in [0.4, 0.5) is 0 Å². The van der Waals surface area contributed by atoms with Gasteiger partial charge in [0.2, 0.25) is 5.75 Å². The third kappa shape index (κ3) is 4.24. The first-order chi connectivity index (χ1) is 12.0. The van der Waals surface area contributed by atoms with Crippen LogP contribution in [0.25, 0.3) is 0 Å². The summed E-state index contributed by atoms with van der Waals surface area (Å²) in [7, 11) is 4.59. The minimum Gasteiger partial charge on any atom is -0.493 e. The Morgan fingerprint density at radius 1 is 0.920 bits per heavy atom. The molecule has 2 rings (SSSR count). The van der Waals surface area contributed by atoms with E-state index in [-0.39, 0.29) is 17.9 Å². The van der Waals surface area contributed by atoms with E-state index >= 15 is 0 Å². The second-order valence-electron chi connectivity index (χ2n) is 6.02. The van der Waals surface area contributed by atoms with E-state index in [1.807, 2.05) is 30.3 Å². The highest BCUT2D eigenvalue weighted by Crippen LogP contribution is 2.38. The first-order valence-electron chi connectivity index (χ1n) is 8.17. The molecule has 2 aromatic carbocycles. The van der Waals surface area contributed by atoms with Gasteiger partial charge in [0.25, 0.3) is 5.91 Å². The molecule has 0 bridgehead atoms. The summed E-state index contributed by atoms with van der Waals surface area (Å²) in [4.78, 5) is 12.8. The standard InChI is InChI=1S/C20H25NO4/c1-13(2)18(14-9-7-6-8-10-14)21-20(22)15-11-16(23-3)19(25-5)17(12-15)24-4/h6-13,18H,1-5H3,(H,21,22)/t18-/m1/s1. The molecule has 0 saturated heterocycles. The number of nitrogens with one attached hydrogen (secondary N) is 1. The van der Waals surface area contributed by atoms with Crippen molar-refractivity contribution in [1.29, 1.82) is 0 Å². The minimum atomic E-state index is -0.193. The smallest absolute Gasteiger partial charge is 0.252 e. The Bertz CT molecular complexity index is 688. The molecular weight excluding hydrogens is 318 g/mol. The van der Waals surface area contributed by atoms with Crippen molar-refractivity contribution in [2.24, 2.45) is 5.92 Å². The van der Waals surface area contributed by atoms with Crippen molar-refractivity contribution in [3.05, 3.63) is 53.6 Å². The van der Waals surface area contributed by atoms with E-state index < -0.39 is 0 Å². The number of methoxy groups -OCH3 is 3. The maximum Gasteiger partial charge on any atom is 0.252 e. The lowest BCUT2D eigenvalue weighted by molar-refractivity contribution is 0.0924. The van der Waals surface area contributed by atoms with Crippen molar-refractivity contribution in [2.45, 2.75) is 19.9 Å². The predicted molar refractivity (Wildman–Crippen MR) is 97.6 cm³/mol. The van der Waals surface area contributed by atoms with E-state index in [4.69, 9.17) is 14.2 Å². The van der Waals surface area contributed by atoms with Gasteiger partial charge in [-0.25, -0.2) is 0 Å². The number of amides is 1. The number of ether oxygens (including phenoxy) is 3. The first-order valence-corrected chi connectivity index (χ1v) is 8.17. The molecule has 0 spiro atoms. The zero-order chi connectivity index (χ0) is 18.4. The lowest BCUT2D eigenvalue weighted by Gasteiger charge is -2.23. The molecule has 134 valence electrons. The van der Waals surface area contributed by atoms with Gasteiger partial charge >= 0.3 is 0 Å². The fourth-order valence-corrected chi connectivity index (χ4v) is 2.73. The van der Waals surface area contributed by atoms with Gasteiger partial charge in [-0.3, -0.25) is 4.79 Å². The fraction of sp³-hybridized carbons (Fsp3) is 0.350. The quantitative estimate of drug-likeness (QED) is 0.830. The molecule has 0 unspecified atom stereocenters. The summed E-state index contributed by atoms with van der Waals surface area (Å²) in [5.74, 6) is 1.42. The second kappa shape index (κ2) is 8.42. The molecule has 0 radical (unpaired) electrons. The third-order valence-electron chi connectivity index (χ3n) is 4.04. The molecule has 25 heavy (non-hydrogen) atoms. The summed E-state index contributed by atoms with van der Waals surface area (Å²) in [6, 6.07) is 13.1. The van der Waals surface area contributed by atoms with E-state index in [1.165, 1.54) is 21.3 Å². The van der Waals surface area contributed by atoms with Gasteiger partial charge in [0.05, 0.1) is 27.4 Å². The molecular formula is C20H25NO4. The highest BCUT2D eigenvalue weighted by molar-refractivity contribution is 5.96. The van der Waals surface area contributed by atoms with Gasteiger partial charge in [-0.05, 0) is 23.6 Å². The van der Waals surface area contributed by atoms with Crippen molar-refractivity contribution in [1.82, 2.24) is 5.32 Å². The molecule has 1 amide bonds. The largest absolute Gasteiger partial charge is 0.493 e. The number of hydrogen-bond donors (Lipinski definition) is 1. The van der Waals surface area contributed by atoms with Gasteiger partial charge in [-0.1, -0.05) is 44.2 Å². The molecule has 0 aliphatic carbocycles. The summed E-state index contributed by atoms with van der Waals surface area (Å²) in [5, 5.41) is 3.10. The van der Waals surface area contributed by atoms with E-state index in [1.54, 1.807) is 12.1 Å². The molecule has 0 aliphatic rings. The van der Waals surface area contributed by atoms with Gasteiger partial charge in [-0.15, -0.1) is 0 Å². The third-order valence-corrected chi connectivity index (χ3v) is 4.04. The van der Waals surface area contributed by atoms with Crippen LogP contribution in [-0.4, -0.2) is 27.2 Å². The molecule has 0 aliphatic heterocycles. The summed E-state index contributed by atoms with van der Waals surface area (Å²) < 4.78 is 15.9. The molecule has 1 atom stereocenters. The van der Waals surface area contributed by atoms with Gasteiger partial charge < -0.3 is 19.5 Å². The molecule has 0 aromatic heterocycles. The Balaban J connectivity index is 2.33. The molecule has 1 N–H and O–H groups in total. The molecule has 5 nitrogen and oxygen atoms in total. The second-order valence-corrected chi connectivity index (χ2v) is 6.02. The molecule has 0 fully saturated rings. The zero-order valence-electron chi connectivity index (χ0n) is 15.3. The molecule has 0 heterocycles. The van der Waals surface area contributed by atoms with Crippen LogP contribution in [0, 0.1) is 5.92 Å². The van der Waals surface area contributed by atoms with Crippen LogP contribution in [0.15, 0.2) is 42.5 Å². The van der Waals surface area contributed by atoms with Gasteiger partial charge in [-0.2, -0.15) is 0 Å². The number of hydrogen-bond acceptors (Lipinski definition) is 4. The van der Waals surface area contributed by atoms with E-state index in [2.05, 4.69) is 19.2 Å². The number of rotatable bonds is 7. The normalized spacial score (nSPS) is 11.8. The fourth-order valence-electron chi connectivity index (χ4n) is 2.73. The van der Waals surface area contributed by atoms with Crippen molar-refractivity contribution >= 4 is 5.91 Å². The summed E-state index contributed by atoms with van der Waals surface area (Å²) >= 11 is 0. The topological polar surface area (TPSA) is 56.8 Å². The maximum atomic E-state index is 12.8. The van der Waals surface area contributed by atoms with Crippen molar-refractivity contribution in [2.75, 3.05) is 21.3 Å². The monoisotopic (exact) mass is 343 g/mol. The zero-order valence-corrected chi connectivity index (χ0v) is 15.3. The average molecular weight is 343 g/mol. The molecule has 0 saturated carbocycles. The summed E-state index contributed by atoms with van der Waals surface area (Å²) in [6.45, 7) is 4.15. The van der Waals surface area contributed by atoms with Crippen LogP contribution in [-0.2, 0) is 0 Å². The molecule has 5 heteroatoms. The number of carbonyl (C=O) groups excluding carboxylic acids is 1. The van der Waals surface area contributed by atoms with Crippen molar-refractivity contribution in [3.63, 3.8) is 0 Å². The van der Waals surface area contributed by atoms with Crippen LogP contribution in [0.3, 0.4) is 0 Å². The first kappa shape index (κ1) is 18.6. The summed E-state index contributed by atoms with van der Waals surface area (Å²) in [5.41, 5.74) is 1.52. The Kier molecular flexibility index (Phi) is 6.28. The van der Waals surface area contributed by atoms with Gasteiger partial charge in [0.15, 0.2) is 11.5 Å². The predicted octanol–water partition coefficient (Wildman–Crippen LogP) is 3.84. The average Bonchev–Trinajstić information content (AvgIpc) is 2.64. The van der Waals surface area contributed by atoms with Crippen molar-refractivity contribution in [3.8, 4) is 17.2 Å². The molecule has 2 aromatic rings. The van der Waals surface area contributed by atoms with Crippen LogP contribution >= 0.6 is 0 Å². The maximum absolute atomic E-state index is 12.8. The minimum absolute atomic E-state index is 0.0900. The van der Waals surface area contributed by atoms with Crippen molar-refractivity contribution < 1.29 is 19.0 Å². The lowest BCUT2D eigenvalue weighted by atomic mass is 9.95. The van der Waals surface area contributed by atoms with Crippen LogP contribution in [0.2, 0.25) is 0 Å². The number of carbonyl (C=O) groups is 1. The summed E-state index contributed by atoms with van der Waals surface area (Å²) in [6.07, 6.45) is 0. The van der Waals surface area contributed by atoms with Crippen LogP contribution < -0.4 is 19.5 Å². The van der Waals surface area contributed by atoms with Crippen LogP contribution in [0.1, 0.15) is 35.8 Å².